The van der Waals surface area contributed by atoms with Crippen molar-refractivity contribution in [1.82, 2.24) is 21.3 Å². The highest BCUT2D eigenvalue weighted by Crippen LogP contribution is 2.07. The van der Waals surface area contributed by atoms with Gasteiger partial charge in [0.1, 0.15) is 17.9 Å². The molecule has 3 atom stereocenters. The minimum atomic E-state index is -1.04. The van der Waals surface area contributed by atoms with Crippen molar-refractivity contribution in [3.05, 3.63) is 71.5 Å². The number of benzene rings is 2. The zero-order chi connectivity index (χ0) is 29.5. The average molecular weight is 575 g/mol. The molecule has 2 aromatic rings. The summed E-state index contributed by atoms with van der Waals surface area (Å²) in [6.45, 7) is -0.881. The highest BCUT2D eigenvalue weighted by atomic mass is 32.2. The predicted octanol–water partition coefficient (Wildman–Crippen LogP) is -0.621. The van der Waals surface area contributed by atoms with Gasteiger partial charge in [-0.1, -0.05) is 42.5 Å². The summed E-state index contributed by atoms with van der Waals surface area (Å²) in [5.41, 5.74) is 12.7. The highest BCUT2D eigenvalue weighted by molar-refractivity contribution is 7.98. The quantitative estimate of drug-likeness (QED) is 0.154. The second-order valence-corrected chi connectivity index (χ2v) is 9.97. The minimum absolute atomic E-state index is 0.141. The third kappa shape index (κ3) is 11.8. The molecule has 0 aliphatic carbocycles. The van der Waals surface area contributed by atoms with Crippen LogP contribution in [0.15, 0.2) is 54.6 Å². The Morgan fingerprint density at radius 3 is 2.05 bits per heavy atom. The molecule has 0 heterocycles. The number of amides is 5. The van der Waals surface area contributed by atoms with Gasteiger partial charge in [-0.15, -0.1) is 0 Å². The summed E-state index contributed by atoms with van der Waals surface area (Å²) in [5.74, 6) is -2.96. The minimum Gasteiger partial charge on any atom is -0.368 e. The van der Waals surface area contributed by atoms with E-state index in [1.165, 1.54) is 36.0 Å². The number of primary amides is 1. The van der Waals surface area contributed by atoms with Crippen LogP contribution in [0.3, 0.4) is 0 Å². The number of hydrogen-bond donors (Lipinski definition) is 6. The molecule has 0 unspecified atom stereocenters. The molecule has 2 rings (SSSR count). The number of carbonyl (C=O) groups excluding carboxylic acids is 5. The Morgan fingerprint density at radius 1 is 0.800 bits per heavy atom. The zero-order valence-electron chi connectivity index (χ0n) is 22.2. The van der Waals surface area contributed by atoms with Crippen molar-refractivity contribution < 1.29 is 28.4 Å². The van der Waals surface area contributed by atoms with E-state index in [4.69, 9.17) is 11.5 Å². The van der Waals surface area contributed by atoms with E-state index >= 15 is 0 Å². The lowest BCUT2D eigenvalue weighted by molar-refractivity contribution is -0.131. The molecular formula is C27H35FN6O5S. The van der Waals surface area contributed by atoms with Crippen LogP contribution < -0.4 is 32.7 Å². The van der Waals surface area contributed by atoms with Gasteiger partial charge in [0.2, 0.25) is 29.5 Å². The Hall–Kier alpha value is -3.97. The van der Waals surface area contributed by atoms with Crippen LogP contribution in [0.5, 0.6) is 0 Å². The van der Waals surface area contributed by atoms with Crippen LogP contribution in [0.1, 0.15) is 17.5 Å². The second-order valence-electron chi connectivity index (χ2n) is 8.99. The van der Waals surface area contributed by atoms with Gasteiger partial charge in [0.05, 0.1) is 19.1 Å². The van der Waals surface area contributed by atoms with Crippen LogP contribution in [0.4, 0.5) is 4.39 Å². The van der Waals surface area contributed by atoms with Crippen molar-refractivity contribution >= 4 is 41.3 Å². The molecule has 40 heavy (non-hydrogen) atoms. The SMILES string of the molecule is CSCC[C@H](NC(=O)[C@H](Cc1ccccc1)NC(=O)CNC(=O)CNC(=O)[C@@H](N)Cc1ccc(F)cc1)C(N)=O. The smallest absolute Gasteiger partial charge is 0.243 e. The van der Waals surface area contributed by atoms with E-state index in [-0.39, 0.29) is 12.8 Å². The molecule has 2 aromatic carbocycles. The van der Waals surface area contributed by atoms with Crippen molar-refractivity contribution in [3.63, 3.8) is 0 Å². The van der Waals surface area contributed by atoms with Crippen molar-refractivity contribution in [1.29, 1.82) is 0 Å². The maximum atomic E-state index is 13.0. The van der Waals surface area contributed by atoms with E-state index in [0.29, 0.717) is 17.7 Å². The van der Waals surface area contributed by atoms with Crippen molar-refractivity contribution in [2.24, 2.45) is 11.5 Å². The van der Waals surface area contributed by atoms with Gasteiger partial charge in [0.15, 0.2) is 0 Å². The molecule has 0 fully saturated rings. The fourth-order valence-electron chi connectivity index (χ4n) is 3.60. The Bertz CT molecular complexity index is 1150. The van der Waals surface area contributed by atoms with E-state index in [9.17, 15) is 28.4 Å². The first-order valence-electron chi connectivity index (χ1n) is 12.6. The first kappa shape index (κ1) is 32.2. The summed E-state index contributed by atoms with van der Waals surface area (Å²) in [4.78, 5) is 61.7. The number of hydrogen-bond acceptors (Lipinski definition) is 7. The Labute approximate surface area is 236 Å². The third-order valence-electron chi connectivity index (χ3n) is 5.78. The molecule has 13 heteroatoms. The first-order valence-corrected chi connectivity index (χ1v) is 13.9. The van der Waals surface area contributed by atoms with Crippen molar-refractivity contribution in [2.45, 2.75) is 37.4 Å². The largest absolute Gasteiger partial charge is 0.368 e. The molecule has 0 saturated carbocycles. The monoisotopic (exact) mass is 574 g/mol. The molecule has 0 bridgehead atoms. The summed E-state index contributed by atoms with van der Waals surface area (Å²) in [5, 5.41) is 9.93. The van der Waals surface area contributed by atoms with E-state index in [1.54, 1.807) is 24.3 Å². The normalized spacial score (nSPS) is 12.9. The van der Waals surface area contributed by atoms with Gasteiger partial charge in [0.25, 0.3) is 0 Å². The molecule has 8 N–H and O–H groups in total. The Morgan fingerprint density at radius 2 is 1.43 bits per heavy atom. The Kier molecular flexibility index (Phi) is 13.6. The van der Waals surface area contributed by atoms with E-state index < -0.39 is 66.6 Å². The lowest BCUT2D eigenvalue weighted by Gasteiger charge is -2.22. The molecule has 0 aliphatic heterocycles. The van der Waals surface area contributed by atoms with E-state index in [0.717, 1.165) is 5.56 Å². The fourth-order valence-corrected chi connectivity index (χ4v) is 4.08. The van der Waals surface area contributed by atoms with Gasteiger partial charge < -0.3 is 32.7 Å². The molecule has 0 saturated heterocycles. The van der Waals surface area contributed by atoms with Crippen LogP contribution in [0.2, 0.25) is 0 Å². The Balaban J connectivity index is 1.88. The molecule has 0 radical (unpaired) electrons. The van der Waals surface area contributed by atoms with Crippen molar-refractivity contribution in [2.75, 3.05) is 25.1 Å². The van der Waals surface area contributed by atoms with Crippen LogP contribution in [-0.4, -0.2) is 72.8 Å². The zero-order valence-corrected chi connectivity index (χ0v) is 23.0. The number of rotatable bonds is 16. The first-order chi connectivity index (χ1) is 19.1. The summed E-state index contributed by atoms with van der Waals surface area (Å²) in [6.07, 6.45) is 2.49. The maximum absolute atomic E-state index is 13.0. The molecule has 216 valence electrons. The second kappa shape index (κ2) is 16.9. The molecule has 0 aromatic heterocycles. The van der Waals surface area contributed by atoms with Gasteiger partial charge in [-0.05, 0) is 48.1 Å². The lowest BCUT2D eigenvalue weighted by atomic mass is 10.0. The molecule has 0 aliphatic rings. The summed E-state index contributed by atoms with van der Waals surface area (Å²) < 4.78 is 13.0. The summed E-state index contributed by atoms with van der Waals surface area (Å²) in [7, 11) is 0. The fraction of sp³-hybridized carbons (Fsp3) is 0.370. The topological polar surface area (TPSA) is 186 Å². The summed E-state index contributed by atoms with van der Waals surface area (Å²) >= 11 is 1.50. The van der Waals surface area contributed by atoms with Crippen LogP contribution in [-0.2, 0) is 36.8 Å². The van der Waals surface area contributed by atoms with Gasteiger partial charge in [-0.25, -0.2) is 4.39 Å². The molecule has 5 amide bonds. The van der Waals surface area contributed by atoms with E-state index in [2.05, 4.69) is 21.3 Å². The third-order valence-corrected chi connectivity index (χ3v) is 6.42. The van der Waals surface area contributed by atoms with Gasteiger partial charge >= 0.3 is 0 Å². The molecule has 0 spiro atoms. The molecule has 11 nitrogen and oxygen atoms in total. The van der Waals surface area contributed by atoms with Gasteiger partial charge in [0, 0.05) is 6.42 Å². The van der Waals surface area contributed by atoms with Crippen LogP contribution in [0, 0.1) is 5.82 Å². The molecular weight excluding hydrogens is 539 g/mol. The number of carbonyl (C=O) groups is 5. The summed E-state index contributed by atoms with van der Waals surface area (Å²) in [6, 6.07) is 11.6. The number of thioether (sulfide) groups is 1. The average Bonchev–Trinajstić information content (AvgIpc) is 2.93. The number of halogens is 1. The van der Waals surface area contributed by atoms with Crippen LogP contribution >= 0.6 is 11.8 Å². The highest BCUT2D eigenvalue weighted by Gasteiger charge is 2.26. The number of nitrogens with two attached hydrogens (primary N) is 2. The van der Waals surface area contributed by atoms with Gasteiger partial charge in [-0.3, -0.25) is 24.0 Å². The van der Waals surface area contributed by atoms with Crippen molar-refractivity contribution in [3.8, 4) is 0 Å². The van der Waals surface area contributed by atoms with Gasteiger partial charge in [-0.2, -0.15) is 11.8 Å². The number of nitrogens with one attached hydrogen (secondary N) is 4. The maximum Gasteiger partial charge on any atom is 0.243 e. The predicted molar refractivity (Wildman–Crippen MR) is 150 cm³/mol. The van der Waals surface area contributed by atoms with E-state index in [1.807, 2.05) is 12.3 Å². The lowest BCUT2D eigenvalue weighted by Crippen LogP contribution is -2.55. The van der Waals surface area contributed by atoms with Crippen LogP contribution in [0.25, 0.3) is 0 Å². The standard InChI is InChI=1S/C27H35FN6O5S/c1-40-12-11-21(25(30)37)34-27(39)22(14-17-5-3-2-4-6-17)33-24(36)16-31-23(35)15-32-26(38)20(29)13-18-7-9-19(28)10-8-18/h2-10,20-22H,11-16,29H2,1H3,(H2,30,37)(H,31,35)(H,32,38)(H,33,36)(H,34,39)/t20-,21-,22-/m0/s1.